The first kappa shape index (κ1) is 21.4. The predicted molar refractivity (Wildman–Crippen MR) is 111 cm³/mol. The van der Waals surface area contributed by atoms with Gasteiger partial charge in [0.2, 0.25) is 0 Å². The molecule has 3 rings (SSSR count). The molecule has 1 saturated heterocycles. The lowest BCUT2D eigenvalue weighted by molar-refractivity contribution is -0.140. The van der Waals surface area contributed by atoms with Gasteiger partial charge in [0.05, 0.1) is 24.8 Å². The van der Waals surface area contributed by atoms with E-state index in [4.69, 9.17) is 9.47 Å². The predicted octanol–water partition coefficient (Wildman–Crippen LogP) is 3.25. The average molecular weight is 411 g/mol. The average Bonchev–Trinajstić information content (AvgIpc) is 3.01. The van der Waals surface area contributed by atoms with Crippen LogP contribution in [0.1, 0.15) is 30.5 Å². The molecule has 1 heterocycles. The largest absolute Gasteiger partial charge is 0.508 e. The number of amides is 1. The second-order valence-corrected chi connectivity index (χ2v) is 6.95. The topological polar surface area (TPSA) is 96.3 Å². The van der Waals surface area contributed by atoms with Crippen LogP contribution in [0.25, 0.3) is 5.76 Å². The van der Waals surface area contributed by atoms with Gasteiger partial charge in [-0.15, -0.1) is 0 Å². The van der Waals surface area contributed by atoms with E-state index < -0.39 is 17.7 Å². The number of likely N-dealkylation sites (tertiary alicyclic amines) is 1. The molecule has 0 spiro atoms. The molecular formula is C23H25NO6. The molecule has 0 radical (unpaired) electrons. The molecule has 7 nitrogen and oxygen atoms in total. The summed E-state index contributed by atoms with van der Waals surface area (Å²) in [7, 11) is 1.50. The number of hydrogen-bond acceptors (Lipinski definition) is 6. The maximum absolute atomic E-state index is 12.8. The Kier molecular flexibility index (Phi) is 6.74. The number of carbonyl (C=O) groups is 2. The minimum absolute atomic E-state index is 0.00209. The fraction of sp³-hybridized carbons (Fsp3) is 0.304. The van der Waals surface area contributed by atoms with Crippen LogP contribution in [0.5, 0.6) is 11.5 Å². The Morgan fingerprint density at radius 1 is 1.10 bits per heavy atom. The summed E-state index contributed by atoms with van der Waals surface area (Å²) in [6.45, 7) is 2.98. The van der Waals surface area contributed by atoms with E-state index in [-0.39, 0.29) is 30.2 Å². The lowest BCUT2D eigenvalue weighted by Gasteiger charge is -2.25. The van der Waals surface area contributed by atoms with Crippen LogP contribution in [0.3, 0.4) is 0 Å². The van der Waals surface area contributed by atoms with Gasteiger partial charge in [0, 0.05) is 19.2 Å². The Labute approximate surface area is 175 Å². The fourth-order valence-corrected chi connectivity index (χ4v) is 3.43. The van der Waals surface area contributed by atoms with E-state index in [1.54, 1.807) is 36.4 Å². The summed E-state index contributed by atoms with van der Waals surface area (Å²) in [5.74, 6) is -1.11. The first-order chi connectivity index (χ1) is 14.5. The monoisotopic (exact) mass is 411 g/mol. The second-order valence-electron chi connectivity index (χ2n) is 6.95. The molecule has 2 aromatic rings. The molecule has 1 unspecified atom stereocenters. The Morgan fingerprint density at radius 3 is 2.47 bits per heavy atom. The Bertz CT molecular complexity index is 950. The first-order valence-electron chi connectivity index (χ1n) is 9.77. The summed E-state index contributed by atoms with van der Waals surface area (Å²) >= 11 is 0. The van der Waals surface area contributed by atoms with Gasteiger partial charge in [-0.25, -0.2) is 0 Å². The van der Waals surface area contributed by atoms with E-state index in [1.165, 1.54) is 24.1 Å². The number of carbonyl (C=O) groups excluding carboxylic acids is 2. The molecule has 0 aromatic heterocycles. The molecule has 0 aliphatic carbocycles. The van der Waals surface area contributed by atoms with Crippen molar-refractivity contribution in [1.29, 1.82) is 0 Å². The van der Waals surface area contributed by atoms with E-state index in [2.05, 4.69) is 0 Å². The number of aliphatic hydroxyl groups is 1. The molecule has 0 saturated carbocycles. The molecule has 2 N–H and O–H groups in total. The van der Waals surface area contributed by atoms with Crippen LogP contribution in [0.2, 0.25) is 0 Å². The zero-order chi connectivity index (χ0) is 21.7. The Hall–Kier alpha value is -3.32. The van der Waals surface area contributed by atoms with Crippen molar-refractivity contribution in [3.63, 3.8) is 0 Å². The standard InChI is InChI=1S/C23H25NO6/c1-3-12-30-18-9-7-15(8-10-18)21(26)19-20(16-5-4-6-17(25)14-16)24(11-13-29-2)23(28)22(19)27/h4-10,14,20,25-26H,3,11-13H2,1-2H3/b21-19-. The zero-order valence-electron chi connectivity index (χ0n) is 17.0. The number of Topliss-reactive ketones (excluding diaryl/α,β-unsaturated/α-hetero) is 1. The summed E-state index contributed by atoms with van der Waals surface area (Å²) in [6, 6.07) is 12.2. The Balaban J connectivity index is 2.06. The highest BCUT2D eigenvalue weighted by atomic mass is 16.5. The number of hydrogen-bond donors (Lipinski definition) is 2. The molecule has 1 fully saturated rings. The van der Waals surface area contributed by atoms with Crippen molar-refractivity contribution in [2.45, 2.75) is 19.4 Å². The van der Waals surface area contributed by atoms with Gasteiger partial charge in [-0.3, -0.25) is 9.59 Å². The van der Waals surface area contributed by atoms with Crippen LogP contribution in [-0.4, -0.2) is 53.7 Å². The number of nitrogens with zero attached hydrogens (tertiary/aromatic N) is 1. The van der Waals surface area contributed by atoms with E-state index in [1.807, 2.05) is 6.92 Å². The second kappa shape index (κ2) is 9.45. The molecule has 1 aliphatic rings. The molecular weight excluding hydrogens is 386 g/mol. The van der Waals surface area contributed by atoms with E-state index in [0.29, 0.717) is 23.5 Å². The smallest absolute Gasteiger partial charge is 0.295 e. The molecule has 30 heavy (non-hydrogen) atoms. The lowest BCUT2D eigenvalue weighted by Crippen LogP contribution is -2.32. The van der Waals surface area contributed by atoms with Crippen molar-refractivity contribution in [1.82, 2.24) is 4.90 Å². The summed E-state index contributed by atoms with van der Waals surface area (Å²) in [6.07, 6.45) is 0.872. The van der Waals surface area contributed by atoms with Gasteiger partial charge < -0.3 is 24.6 Å². The minimum Gasteiger partial charge on any atom is -0.508 e. The number of ketones is 1. The number of phenols is 1. The van der Waals surface area contributed by atoms with Crippen molar-refractivity contribution in [3.05, 3.63) is 65.2 Å². The number of aliphatic hydroxyl groups excluding tert-OH is 1. The van der Waals surface area contributed by atoms with Gasteiger partial charge in [0.1, 0.15) is 17.3 Å². The maximum Gasteiger partial charge on any atom is 0.295 e. The molecule has 0 bridgehead atoms. The third-order valence-corrected chi connectivity index (χ3v) is 4.86. The van der Waals surface area contributed by atoms with Crippen LogP contribution in [0.4, 0.5) is 0 Å². The van der Waals surface area contributed by atoms with Crippen molar-refractivity contribution in [2.24, 2.45) is 0 Å². The third kappa shape index (κ3) is 4.31. The van der Waals surface area contributed by atoms with Gasteiger partial charge >= 0.3 is 0 Å². The van der Waals surface area contributed by atoms with Gasteiger partial charge in [-0.2, -0.15) is 0 Å². The summed E-state index contributed by atoms with van der Waals surface area (Å²) < 4.78 is 10.6. The number of rotatable bonds is 8. The number of methoxy groups -OCH3 is 1. The number of aromatic hydroxyl groups is 1. The molecule has 1 amide bonds. The molecule has 1 aliphatic heterocycles. The normalized spacial score (nSPS) is 18.1. The van der Waals surface area contributed by atoms with Crippen molar-refractivity contribution in [2.75, 3.05) is 26.9 Å². The molecule has 7 heteroatoms. The zero-order valence-corrected chi connectivity index (χ0v) is 17.0. The van der Waals surface area contributed by atoms with Gasteiger partial charge in [-0.1, -0.05) is 19.1 Å². The van der Waals surface area contributed by atoms with E-state index >= 15 is 0 Å². The molecule has 1 atom stereocenters. The highest BCUT2D eigenvalue weighted by Gasteiger charge is 2.45. The van der Waals surface area contributed by atoms with Crippen molar-refractivity contribution in [3.8, 4) is 11.5 Å². The highest BCUT2D eigenvalue weighted by molar-refractivity contribution is 6.46. The third-order valence-electron chi connectivity index (χ3n) is 4.86. The van der Waals surface area contributed by atoms with Crippen LogP contribution in [0, 0.1) is 0 Å². The first-order valence-corrected chi connectivity index (χ1v) is 9.77. The number of phenolic OH excluding ortho intramolecular Hbond substituents is 1. The summed E-state index contributed by atoms with van der Waals surface area (Å²) in [4.78, 5) is 26.9. The summed E-state index contributed by atoms with van der Waals surface area (Å²) in [5.41, 5.74) is 0.896. The fourth-order valence-electron chi connectivity index (χ4n) is 3.43. The highest BCUT2D eigenvalue weighted by Crippen LogP contribution is 2.40. The number of ether oxygens (including phenoxy) is 2. The minimum atomic E-state index is -0.830. The van der Waals surface area contributed by atoms with Crippen LogP contribution < -0.4 is 4.74 Å². The van der Waals surface area contributed by atoms with Crippen LogP contribution in [-0.2, 0) is 14.3 Å². The summed E-state index contributed by atoms with van der Waals surface area (Å²) in [5, 5.41) is 20.9. The van der Waals surface area contributed by atoms with Gasteiger partial charge in [0.25, 0.3) is 11.7 Å². The number of benzene rings is 2. The SMILES string of the molecule is CCCOc1ccc(/C(O)=C2/C(=O)C(=O)N(CCOC)C2c2cccc(O)c2)cc1. The molecule has 158 valence electrons. The van der Waals surface area contributed by atoms with E-state index in [0.717, 1.165) is 6.42 Å². The van der Waals surface area contributed by atoms with Crippen molar-refractivity contribution < 1.29 is 29.3 Å². The van der Waals surface area contributed by atoms with Crippen molar-refractivity contribution >= 4 is 17.4 Å². The van der Waals surface area contributed by atoms with E-state index in [9.17, 15) is 19.8 Å². The Morgan fingerprint density at radius 2 is 1.83 bits per heavy atom. The molecule has 2 aromatic carbocycles. The van der Waals surface area contributed by atoms with Gasteiger partial charge in [0.15, 0.2) is 0 Å². The lowest BCUT2D eigenvalue weighted by atomic mass is 9.95. The van der Waals surface area contributed by atoms with Crippen LogP contribution >= 0.6 is 0 Å². The maximum atomic E-state index is 12.8. The van der Waals surface area contributed by atoms with Gasteiger partial charge in [-0.05, 0) is 48.4 Å². The van der Waals surface area contributed by atoms with Crippen LogP contribution in [0.15, 0.2) is 54.1 Å². The quantitative estimate of drug-likeness (QED) is 0.393.